The number of nitrogens with zero attached hydrogens (tertiary/aromatic N) is 3. The van der Waals surface area contributed by atoms with Gasteiger partial charge in [0.2, 0.25) is 5.95 Å². The number of piperazine rings is 1. The summed E-state index contributed by atoms with van der Waals surface area (Å²) in [6.07, 6.45) is 3.04. The third kappa shape index (κ3) is 6.05. The molecule has 4 rings (SSSR count). The Morgan fingerprint density at radius 1 is 1.06 bits per heavy atom. The van der Waals surface area contributed by atoms with Crippen LogP contribution in [0, 0.1) is 0 Å². The van der Waals surface area contributed by atoms with Crippen molar-refractivity contribution < 1.29 is 13.7 Å². The van der Waals surface area contributed by atoms with Crippen LogP contribution in [-0.2, 0) is 11.0 Å². The SMILES string of the molecule is COc1cc(N2CCNCC2)ccc1Nc1ncc(Cl)c(Nc2cccc(OC)c2NS(C)=O)n1. The Morgan fingerprint density at radius 3 is 2.54 bits per heavy atom. The molecule has 1 aliphatic heterocycles. The van der Waals surface area contributed by atoms with Crippen LogP contribution in [-0.4, -0.2) is 60.8 Å². The number of halogens is 1. The number of para-hydroxylation sites is 1. The molecule has 0 spiro atoms. The van der Waals surface area contributed by atoms with E-state index in [0.717, 1.165) is 37.6 Å². The van der Waals surface area contributed by atoms with E-state index in [1.165, 1.54) is 12.5 Å². The van der Waals surface area contributed by atoms with Gasteiger partial charge in [-0.1, -0.05) is 17.7 Å². The van der Waals surface area contributed by atoms with Crippen molar-refractivity contribution in [3.63, 3.8) is 0 Å². The normalized spacial score (nSPS) is 14.2. The van der Waals surface area contributed by atoms with Crippen molar-refractivity contribution in [3.05, 3.63) is 47.6 Å². The van der Waals surface area contributed by atoms with Crippen LogP contribution in [0.3, 0.4) is 0 Å². The fourth-order valence-corrected chi connectivity index (χ4v) is 4.36. The zero-order valence-electron chi connectivity index (χ0n) is 19.7. The van der Waals surface area contributed by atoms with Gasteiger partial charge in [0.05, 0.1) is 31.8 Å². The average Bonchev–Trinajstić information content (AvgIpc) is 2.87. The molecule has 0 saturated carbocycles. The first-order valence-corrected chi connectivity index (χ1v) is 12.9. The van der Waals surface area contributed by atoms with Gasteiger partial charge in [0.25, 0.3) is 0 Å². The van der Waals surface area contributed by atoms with Gasteiger partial charge in [0.15, 0.2) is 5.82 Å². The summed E-state index contributed by atoms with van der Waals surface area (Å²) in [5.41, 5.74) is 2.96. The molecule has 10 nitrogen and oxygen atoms in total. The summed E-state index contributed by atoms with van der Waals surface area (Å²) < 4.78 is 25.7. The fourth-order valence-electron chi connectivity index (χ4n) is 3.72. The van der Waals surface area contributed by atoms with E-state index in [4.69, 9.17) is 21.1 Å². The lowest BCUT2D eigenvalue weighted by Crippen LogP contribution is -2.43. The average molecular weight is 518 g/mol. The summed E-state index contributed by atoms with van der Waals surface area (Å²) in [6, 6.07) is 11.4. The first-order valence-electron chi connectivity index (χ1n) is 11.0. The monoisotopic (exact) mass is 517 g/mol. The number of hydrogen-bond donors (Lipinski definition) is 4. The lowest BCUT2D eigenvalue weighted by molar-refractivity contribution is 0.416. The van der Waals surface area contributed by atoms with Gasteiger partial charge in [0.1, 0.15) is 33.2 Å². The van der Waals surface area contributed by atoms with E-state index in [2.05, 4.69) is 35.5 Å². The highest BCUT2D eigenvalue weighted by Gasteiger charge is 2.16. The molecular formula is C23H28ClN7O3S. The maximum atomic E-state index is 11.8. The number of rotatable bonds is 9. The molecule has 0 radical (unpaired) electrons. The van der Waals surface area contributed by atoms with Gasteiger partial charge in [-0.15, -0.1) is 0 Å². The molecule has 0 amide bonds. The van der Waals surface area contributed by atoms with Gasteiger partial charge < -0.3 is 35.0 Å². The van der Waals surface area contributed by atoms with Gasteiger partial charge in [-0.2, -0.15) is 4.98 Å². The minimum atomic E-state index is -1.31. The van der Waals surface area contributed by atoms with Gasteiger partial charge >= 0.3 is 0 Å². The number of anilines is 6. The molecule has 1 saturated heterocycles. The summed E-state index contributed by atoms with van der Waals surface area (Å²) in [7, 11) is 1.87. The Labute approximate surface area is 212 Å². The first kappa shape index (κ1) is 24.8. The topological polar surface area (TPSA) is 113 Å². The van der Waals surface area contributed by atoms with E-state index in [1.54, 1.807) is 26.4 Å². The predicted molar refractivity (Wildman–Crippen MR) is 142 cm³/mol. The van der Waals surface area contributed by atoms with E-state index >= 15 is 0 Å². The number of hydrogen-bond acceptors (Lipinski definition) is 9. The van der Waals surface area contributed by atoms with Crippen LogP contribution in [0.15, 0.2) is 42.6 Å². The molecule has 4 N–H and O–H groups in total. The molecule has 1 fully saturated rings. The van der Waals surface area contributed by atoms with Crippen molar-refractivity contribution >= 4 is 57.1 Å². The highest BCUT2D eigenvalue weighted by Crippen LogP contribution is 2.36. The highest BCUT2D eigenvalue weighted by atomic mass is 35.5. The summed E-state index contributed by atoms with van der Waals surface area (Å²) in [6.45, 7) is 3.79. The Kier molecular flexibility index (Phi) is 8.11. The molecule has 3 aromatic rings. The maximum Gasteiger partial charge on any atom is 0.229 e. The van der Waals surface area contributed by atoms with E-state index in [9.17, 15) is 4.21 Å². The Morgan fingerprint density at radius 2 is 1.83 bits per heavy atom. The van der Waals surface area contributed by atoms with Crippen LogP contribution in [0.2, 0.25) is 5.02 Å². The number of methoxy groups -OCH3 is 2. The molecule has 1 aliphatic rings. The minimum Gasteiger partial charge on any atom is -0.494 e. The molecule has 35 heavy (non-hydrogen) atoms. The van der Waals surface area contributed by atoms with Crippen molar-refractivity contribution in [3.8, 4) is 11.5 Å². The van der Waals surface area contributed by atoms with Crippen molar-refractivity contribution in [1.29, 1.82) is 0 Å². The van der Waals surface area contributed by atoms with Crippen LogP contribution in [0.5, 0.6) is 11.5 Å². The Balaban J connectivity index is 1.58. The van der Waals surface area contributed by atoms with Crippen molar-refractivity contribution in [2.45, 2.75) is 0 Å². The third-order valence-electron chi connectivity index (χ3n) is 5.40. The molecule has 0 aliphatic carbocycles. The predicted octanol–water partition coefficient (Wildman–Crippen LogP) is 3.75. The summed E-state index contributed by atoms with van der Waals surface area (Å²) in [5, 5.41) is 10.1. The van der Waals surface area contributed by atoms with Crippen LogP contribution in [0.1, 0.15) is 0 Å². The molecule has 0 bridgehead atoms. The van der Waals surface area contributed by atoms with Crippen molar-refractivity contribution in [1.82, 2.24) is 15.3 Å². The van der Waals surface area contributed by atoms with Gasteiger partial charge in [0, 0.05) is 44.2 Å². The van der Waals surface area contributed by atoms with E-state index in [1.807, 2.05) is 24.3 Å². The zero-order chi connectivity index (χ0) is 24.8. The molecular weight excluding hydrogens is 490 g/mol. The van der Waals surface area contributed by atoms with Crippen LogP contribution in [0.4, 0.5) is 34.5 Å². The van der Waals surface area contributed by atoms with Gasteiger partial charge in [-0.25, -0.2) is 9.19 Å². The first-order chi connectivity index (χ1) is 17.0. The maximum absolute atomic E-state index is 11.8. The van der Waals surface area contributed by atoms with Gasteiger partial charge in [-0.05, 0) is 24.3 Å². The Bertz CT molecular complexity index is 1210. The summed E-state index contributed by atoms with van der Waals surface area (Å²) in [4.78, 5) is 11.2. The van der Waals surface area contributed by atoms with Crippen LogP contribution in [0.25, 0.3) is 0 Å². The molecule has 2 aromatic carbocycles. The second kappa shape index (κ2) is 11.4. The molecule has 1 aromatic heterocycles. The third-order valence-corrected chi connectivity index (χ3v) is 6.17. The van der Waals surface area contributed by atoms with Crippen molar-refractivity contribution in [2.75, 3.05) is 66.9 Å². The highest BCUT2D eigenvalue weighted by molar-refractivity contribution is 7.85. The van der Waals surface area contributed by atoms with E-state index in [-0.39, 0.29) is 0 Å². The smallest absolute Gasteiger partial charge is 0.229 e. The lowest BCUT2D eigenvalue weighted by atomic mass is 10.2. The summed E-state index contributed by atoms with van der Waals surface area (Å²) in [5.74, 6) is 1.92. The number of aromatic nitrogens is 2. The summed E-state index contributed by atoms with van der Waals surface area (Å²) >= 11 is 6.38. The number of benzene rings is 2. The van der Waals surface area contributed by atoms with E-state index < -0.39 is 11.0 Å². The molecule has 1 unspecified atom stereocenters. The number of ether oxygens (including phenoxy) is 2. The van der Waals surface area contributed by atoms with Crippen molar-refractivity contribution in [2.24, 2.45) is 0 Å². The van der Waals surface area contributed by atoms with Crippen LogP contribution >= 0.6 is 11.6 Å². The molecule has 1 atom stereocenters. The van der Waals surface area contributed by atoms with E-state index in [0.29, 0.717) is 39.7 Å². The lowest BCUT2D eigenvalue weighted by Gasteiger charge is -2.30. The molecule has 12 heteroatoms. The Hall–Kier alpha value is -3.28. The zero-order valence-corrected chi connectivity index (χ0v) is 21.3. The number of nitrogens with one attached hydrogen (secondary N) is 4. The fraction of sp³-hybridized carbons (Fsp3) is 0.304. The van der Waals surface area contributed by atoms with Crippen LogP contribution < -0.4 is 35.0 Å². The second-order valence-corrected chi connectivity index (χ2v) is 9.22. The minimum absolute atomic E-state index is 0.322. The largest absolute Gasteiger partial charge is 0.494 e. The second-order valence-electron chi connectivity index (χ2n) is 7.70. The molecule has 186 valence electrons. The quantitative estimate of drug-likeness (QED) is 0.337. The van der Waals surface area contributed by atoms with Gasteiger partial charge in [-0.3, -0.25) is 0 Å². The standard InChI is InChI=1S/C23H28ClN7O3S/c1-33-19-6-4-5-18(21(19)30-35(3)32)27-22-16(24)14-26-23(29-22)28-17-8-7-15(13-20(17)34-2)31-11-9-25-10-12-31/h4-8,13-14,25,30H,9-12H2,1-3H3,(H2,26,27,28,29). The molecule has 2 heterocycles.